The number of hydrazine groups is 1. The smallest absolute Gasteiger partial charge is 0.264 e. The van der Waals surface area contributed by atoms with Gasteiger partial charge in [-0.2, -0.15) is 0 Å². The van der Waals surface area contributed by atoms with Gasteiger partial charge in [0.05, 0.1) is 17.9 Å². The number of benzene rings is 1. The molecule has 4 rings (SSSR count). The van der Waals surface area contributed by atoms with Gasteiger partial charge in [-0.25, -0.2) is 5.01 Å². The minimum atomic E-state index is -0.920. The van der Waals surface area contributed by atoms with E-state index in [4.69, 9.17) is 9.47 Å². The van der Waals surface area contributed by atoms with E-state index in [-0.39, 0.29) is 24.9 Å². The number of ether oxygens (including phenoxy) is 2. The highest BCUT2D eigenvalue weighted by Gasteiger charge is 2.46. The van der Waals surface area contributed by atoms with E-state index in [2.05, 4.69) is 17.2 Å². The van der Waals surface area contributed by atoms with Crippen molar-refractivity contribution >= 4 is 23.6 Å². The Morgan fingerprint density at radius 3 is 2.60 bits per heavy atom. The highest BCUT2D eigenvalue weighted by molar-refractivity contribution is 5.99. The summed E-state index contributed by atoms with van der Waals surface area (Å²) in [5.41, 5.74) is 0.415. The Balaban J connectivity index is 1.51. The normalized spacial score (nSPS) is 26.8. The lowest BCUT2D eigenvalue weighted by Crippen LogP contribution is -2.64. The zero-order valence-electron chi connectivity index (χ0n) is 20.1. The van der Waals surface area contributed by atoms with Crippen molar-refractivity contribution in [2.45, 2.75) is 76.5 Å². The van der Waals surface area contributed by atoms with Crippen molar-refractivity contribution in [3.63, 3.8) is 0 Å². The molecule has 4 amide bonds. The van der Waals surface area contributed by atoms with E-state index in [0.717, 1.165) is 0 Å². The number of nitrogens with one attached hydrogen (secondary N) is 2. The number of hydrogen-bond acceptors (Lipinski definition) is 6. The van der Waals surface area contributed by atoms with Crippen molar-refractivity contribution in [3.8, 4) is 0 Å². The van der Waals surface area contributed by atoms with Gasteiger partial charge in [-0.3, -0.25) is 24.2 Å². The van der Waals surface area contributed by atoms with Crippen LogP contribution in [0.4, 0.5) is 0 Å². The predicted molar refractivity (Wildman–Crippen MR) is 125 cm³/mol. The molecule has 35 heavy (non-hydrogen) atoms. The van der Waals surface area contributed by atoms with Crippen LogP contribution >= 0.6 is 0 Å². The molecular formula is C25H32N4O6. The number of nitrogens with zero attached hydrogens (tertiary/aromatic N) is 2. The van der Waals surface area contributed by atoms with Crippen molar-refractivity contribution in [1.29, 1.82) is 0 Å². The number of hydrogen-bond donors (Lipinski definition) is 2. The molecule has 0 aliphatic carbocycles. The molecule has 0 saturated carbocycles. The molecule has 3 aliphatic heterocycles. The summed E-state index contributed by atoms with van der Waals surface area (Å²) in [6.45, 7) is 7.91. The SMILES string of the molecule is C=C1CC(NC(=O)C2CCCN3C(=O)CCC(NC(=O)c4ccccc4)C(=O)N23)C(OC(C)C)O1. The third kappa shape index (κ3) is 5.48. The van der Waals surface area contributed by atoms with E-state index in [0.29, 0.717) is 37.1 Å². The maximum absolute atomic E-state index is 13.6. The van der Waals surface area contributed by atoms with Gasteiger partial charge in [0, 0.05) is 24.9 Å². The van der Waals surface area contributed by atoms with Crippen LogP contribution in [0.15, 0.2) is 42.7 Å². The van der Waals surface area contributed by atoms with Gasteiger partial charge in [0.2, 0.25) is 18.1 Å². The first-order valence-electron chi connectivity index (χ1n) is 12.0. The second kappa shape index (κ2) is 10.5. The zero-order chi connectivity index (χ0) is 25.1. The first kappa shape index (κ1) is 24.7. The van der Waals surface area contributed by atoms with Crippen LogP contribution in [0.1, 0.15) is 56.3 Å². The van der Waals surface area contributed by atoms with Gasteiger partial charge in [0.15, 0.2) is 0 Å². The summed E-state index contributed by atoms with van der Waals surface area (Å²) >= 11 is 0. The van der Waals surface area contributed by atoms with E-state index in [1.54, 1.807) is 30.3 Å². The van der Waals surface area contributed by atoms with Crippen LogP contribution in [-0.2, 0) is 23.9 Å². The fourth-order valence-corrected chi connectivity index (χ4v) is 4.66. The van der Waals surface area contributed by atoms with Crippen LogP contribution in [0.3, 0.4) is 0 Å². The Morgan fingerprint density at radius 2 is 1.89 bits per heavy atom. The van der Waals surface area contributed by atoms with Gasteiger partial charge >= 0.3 is 0 Å². The van der Waals surface area contributed by atoms with Crippen LogP contribution in [-0.4, -0.2) is 70.7 Å². The lowest BCUT2D eigenvalue weighted by molar-refractivity contribution is -0.177. The van der Waals surface area contributed by atoms with Gasteiger partial charge in [0.25, 0.3) is 11.8 Å². The topological polar surface area (TPSA) is 117 Å². The van der Waals surface area contributed by atoms with E-state index in [1.165, 1.54) is 10.0 Å². The molecule has 1 aromatic carbocycles. The summed E-state index contributed by atoms with van der Waals surface area (Å²) < 4.78 is 11.4. The van der Waals surface area contributed by atoms with Crippen molar-refractivity contribution < 1.29 is 28.7 Å². The molecule has 3 fully saturated rings. The Bertz CT molecular complexity index is 997. The van der Waals surface area contributed by atoms with Gasteiger partial charge in [-0.05, 0) is 45.2 Å². The molecule has 0 spiro atoms. The predicted octanol–water partition coefficient (Wildman–Crippen LogP) is 1.48. The van der Waals surface area contributed by atoms with Gasteiger partial charge in [0.1, 0.15) is 12.1 Å². The summed E-state index contributed by atoms with van der Waals surface area (Å²) in [7, 11) is 0. The molecule has 0 aromatic heterocycles. The number of amides is 4. The van der Waals surface area contributed by atoms with Crippen LogP contribution in [0.2, 0.25) is 0 Å². The third-order valence-electron chi connectivity index (χ3n) is 6.30. The molecule has 3 aliphatic rings. The lowest BCUT2D eigenvalue weighted by atomic mass is 10.0. The summed E-state index contributed by atoms with van der Waals surface area (Å²) in [5.74, 6) is -1.01. The van der Waals surface area contributed by atoms with Gasteiger partial charge < -0.3 is 20.1 Å². The fourth-order valence-electron chi connectivity index (χ4n) is 4.66. The van der Waals surface area contributed by atoms with Crippen LogP contribution in [0, 0.1) is 0 Å². The van der Waals surface area contributed by atoms with Crippen molar-refractivity contribution in [3.05, 3.63) is 48.2 Å². The third-order valence-corrected chi connectivity index (χ3v) is 6.30. The minimum absolute atomic E-state index is 0.0942. The molecule has 4 atom stereocenters. The van der Waals surface area contributed by atoms with Crippen LogP contribution < -0.4 is 10.6 Å². The van der Waals surface area contributed by atoms with E-state index >= 15 is 0 Å². The average molecular weight is 485 g/mol. The second-order valence-electron chi connectivity index (χ2n) is 9.32. The first-order valence-corrected chi connectivity index (χ1v) is 12.0. The Labute approximate surface area is 204 Å². The van der Waals surface area contributed by atoms with Crippen LogP contribution in [0.25, 0.3) is 0 Å². The summed E-state index contributed by atoms with van der Waals surface area (Å²) in [4.78, 5) is 52.5. The molecule has 4 unspecified atom stereocenters. The number of rotatable bonds is 6. The van der Waals surface area contributed by atoms with Crippen molar-refractivity contribution in [1.82, 2.24) is 20.7 Å². The molecule has 1 aromatic rings. The molecule has 2 N–H and O–H groups in total. The molecular weight excluding hydrogens is 452 g/mol. The number of fused-ring (bicyclic) bond motifs is 1. The van der Waals surface area contributed by atoms with Crippen molar-refractivity contribution in [2.24, 2.45) is 0 Å². The summed E-state index contributed by atoms with van der Waals surface area (Å²) in [5, 5.41) is 8.29. The van der Waals surface area contributed by atoms with Crippen molar-refractivity contribution in [2.75, 3.05) is 6.54 Å². The van der Waals surface area contributed by atoms with E-state index in [1.807, 2.05) is 13.8 Å². The molecule has 10 heteroatoms. The van der Waals surface area contributed by atoms with E-state index < -0.39 is 42.1 Å². The van der Waals surface area contributed by atoms with Gasteiger partial charge in [-0.15, -0.1) is 0 Å². The largest absolute Gasteiger partial charge is 0.468 e. The lowest BCUT2D eigenvalue weighted by Gasteiger charge is -2.43. The molecule has 0 bridgehead atoms. The standard InChI is InChI=1S/C25H32N4O6/c1-15(2)34-25-19(14-16(3)35-25)27-23(32)20-10-7-13-28-21(30)12-11-18(24(33)29(20)28)26-22(31)17-8-5-4-6-9-17/h4-6,8-9,15,18-20,25H,3,7,10-14H2,1-2H3,(H,26,31)(H,27,32). The number of carbonyl (C=O) groups excluding carboxylic acids is 4. The summed E-state index contributed by atoms with van der Waals surface area (Å²) in [6.07, 6.45) is 0.830. The Morgan fingerprint density at radius 1 is 1.14 bits per heavy atom. The highest BCUT2D eigenvalue weighted by atomic mass is 16.7. The average Bonchev–Trinajstić information content (AvgIpc) is 3.12. The maximum Gasteiger partial charge on any atom is 0.264 e. The summed E-state index contributed by atoms with van der Waals surface area (Å²) in [6, 6.07) is 6.30. The zero-order valence-corrected chi connectivity index (χ0v) is 20.1. The first-order chi connectivity index (χ1) is 16.7. The Hall–Kier alpha value is -3.40. The van der Waals surface area contributed by atoms with Gasteiger partial charge in [-0.1, -0.05) is 24.8 Å². The van der Waals surface area contributed by atoms with Crippen LogP contribution in [0.5, 0.6) is 0 Å². The van der Waals surface area contributed by atoms with E-state index in [9.17, 15) is 19.2 Å². The number of carbonyl (C=O) groups is 4. The minimum Gasteiger partial charge on any atom is -0.468 e. The fraction of sp³-hybridized carbons (Fsp3) is 0.520. The molecule has 10 nitrogen and oxygen atoms in total. The molecule has 3 heterocycles. The monoisotopic (exact) mass is 484 g/mol. The maximum atomic E-state index is 13.6. The Kier molecular flexibility index (Phi) is 7.39. The highest BCUT2D eigenvalue weighted by Crippen LogP contribution is 2.28. The quantitative estimate of drug-likeness (QED) is 0.632. The molecule has 0 radical (unpaired) electrons. The molecule has 3 saturated heterocycles. The molecule has 188 valence electrons. The second-order valence-corrected chi connectivity index (χ2v) is 9.32.